The van der Waals surface area contributed by atoms with Crippen molar-refractivity contribution < 1.29 is 18.9 Å². The Morgan fingerprint density at radius 1 is 0.970 bits per heavy atom. The second-order valence-electron chi connectivity index (χ2n) is 7.94. The van der Waals surface area contributed by atoms with E-state index in [1.807, 2.05) is 36.4 Å². The Kier molecular flexibility index (Phi) is 7.65. The minimum Gasteiger partial charge on any atom is -0.493 e. The molecule has 0 atom stereocenters. The van der Waals surface area contributed by atoms with E-state index in [0.29, 0.717) is 23.9 Å². The van der Waals surface area contributed by atoms with Gasteiger partial charge in [-0.1, -0.05) is 12.1 Å². The van der Waals surface area contributed by atoms with Crippen LogP contribution in [0.15, 0.2) is 54.7 Å². The summed E-state index contributed by atoms with van der Waals surface area (Å²) in [6.07, 6.45) is 1.79. The van der Waals surface area contributed by atoms with Crippen molar-refractivity contribution >= 4 is 11.5 Å². The second-order valence-corrected chi connectivity index (χ2v) is 7.94. The van der Waals surface area contributed by atoms with Gasteiger partial charge in [-0.05, 0) is 60.0 Å². The number of rotatable bonds is 9. The van der Waals surface area contributed by atoms with Crippen LogP contribution in [0, 0.1) is 6.92 Å². The molecule has 33 heavy (non-hydrogen) atoms. The smallest absolute Gasteiger partial charge is 0.203 e. The summed E-state index contributed by atoms with van der Waals surface area (Å²) < 4.78 is 22.8. The fraction of sp³-hybridized carbons (Fsp3) is 0.346. The topological polar surface area (TPSA) is 65.1 Å². The minimum atomic E-state index is 0.548. The van der Waals surface area contributed by atoms with Crippen LogP contribution in [-0.2, 0) is 4.74 Å². The van der Waals surface area contributed by atoms with Gasteiger partial charge >= 0.3 is 0 Å². The molecule has 4 rings (SSSR count). The Bertz CT molecular complexity index is 1040. The summed E-state index contributed by atoms with van der Waals surface area (Å²) in [5, 5.41) is 3.37. The number of pyridine rings is 1. The zero-order valence-electron chi connectivity index (χ0n) is 19.5. The first kappa shape index (κ1) is 22.9. The summed E-state index contributed by atoms with van der Waals surface area (Å²) in [6.45, 7) is 6.84. The third kappa shape index (κ3) is 5.94. The molecule has 1 saturated heterocycles. The Labute approximate surface area is 195 Å². The molecule has 0 amide bonds. The zero-order valence-corrected chi connectivity index (χ0v) is 19.5. The summed E-state index contributed by atoms with van der Waals surface area (Å²) in [6, 6.07) is 16.1. The lowest BCUT2D eigenvalue weighted by Crippen LogP contribution is -2.38. The molecule has 2 aromatic carbocycles. The standard InChI is InChI=1S/C26H31N3O4/c1-19-5-4-6-22(15-19)28-25-18-20(7-8-27-25)21-16-23(30-2)26(24(17-21)31-3)33-14-11-29-9-12-32-13-10-29/h4-8,15-18H,9-14H2,1-3H3,(H,27,28). The van der Waals surface area contributed by atoms with Gasteiger partial charge in [-0.25, -0.2) is 4.98 Å². The second kappa shape index (κ2) is 11.0. The van der Waals surface area contributed by atoms with Crippen molar-refractivity contribution in [1.82, 2.24) is 9.88 Å². The van der Waals surface area contributed by atoms with E-state index in [-0.39, 0.29) is 0 Å². The van der Waals surface area contributed by atoms with Gasteiger partial charge in [-0.15, -0.1) is 0 Å². The van der Waals surface area contributed by atoms with Gasteiger partial charge in [0.05, 0.1) is 27.4 Å². The lowest BCUT2D eigenvalue weighted by Gasteiger charge is -2.26. The molecule has 174 valence electrons. The molecule has 1 aromatic heterocycles. The van der Waals surface area contributed by atoms with Gasteiger partial charge in [0.1, 0.15) is 12.4 Å². The SMILES string of the molecule is COc1cc(-c2ccnc(Nc3cccc(C)c3)c2)cc(OC)c1OCCN1CCOCC1. The third-order valence-corrected chi connectivity index (χ3v) is 5.60. The first-order valence-electron chi connectivity index (χ1n) is 11.2. The van der Waals surface area contributed by atoms with E-state index in [1.165, 1.54) is 5.56 Å². The van der Waals surface area contributed by atoms with E-state index in [4.69, 9.17) is 18.9 Å². The highest BCUT2D eigenvalue weighted by Gasteiger charge is 2.17. The number of aryl methyl sites for hydroxylation is 1. The van der Waals surface area contributed by atoms with E-state index in [1.54, 1.807) is 20.4 Å². The highest BCUT2D eigenvalue weighted by atomic mass is 16.5. The van der Waals surface area contributed by atoms with Crippen LogP contribution in [0.1, 0.15) is 5.56 Å². The Hall–Kier alpha value is -3.29. The molecule has 1 fully saturated rings. The molecule has 7 heteroatoms. The monoisotopic (exact) mass is 449 g/mol. The number of hydrogen-bond acceptors (Lipinski definition) is 7. The van der Waals surface area contributed by atoms with Crippen LogP contribution in [0.4, 0.5) is 11.5 Å². The first-order chi connectivity index (χ1) is 16.2. The van der Waals surface area contributed by atoms with Gasteiger partial charge in [0.2, 0.25) is 5.75 Å². The molecule has 0 radical (unpaired) electrons. The average molecular weight is 450 g/mol. The average Bonchev–Trinajstić information content (AvgIpc) is 2.84. The number of methoxy groups -OCH3 is 2. The maximum Gasteiger partial charge on any atom is 0.203 e. The molecule has 1 aliphatic heterocycles. The highest BCUT2D eigenvalue weighted by Crippen LogP contribution is 2.41. The lowest BCUT2D eigenvalue weighted by molar-refractivity contribution is 0.0319. The summed E-state index contributed by atoms with van der Waals surface area (Å²) in [4.78, 5) is 6.80. The van der Waals surface area contributed by atoms with Crippen LogP contribution >= 0.6 is 0 Å². The highest BCUT2D eigenvalue weighted by molar-refractivity contribution is 5.73. The van der Waals surface area contributed by atoms with Crippen molar-refractivity contribution in [2.75, 3.05) is 59.0 Å². The normalized spacial score (nSPS) is 14.0. The number of aromatic nitrogens is 1. The molecule has 0 saturated carbocycles. The molecule has 3 aromatic rings. The number of nitrogens with one attached hydrogen (secondary N) is 1. The minimum absolute atomic E-state index is 0.548. The van der Waals surface area contributed by atoms with Crippen LogP contribution in [-0.4, -0.2) is 63.6 Å². The zero-order chi connectivity index (χ0) is 23.0. The van der Waals surface area contributed by atoms with Gasteiger partial charge in [0, 0.05) is 31.5 Å². The largest absolute Gasteiger partial charge is 0.493 e. The number of benzene rings is 2. The molecule has 2 heterocycles. The van der Waals surface area contributed by atoms with Gasteiger partial charge in [-0.2, -0.15) is 0 Å². The lowest BCUT2D eigenvalue weighted by atomic mass is 10.1. The van der Waals surface area contributed by atoms with Crippen LogP contribution in [0.25, 0.3) is 11.1 Å². The summed E-state index contributed by atoms with van der Waals surface area (Å²) >= 11 is 0. The maximum absolute atomic E-state index is 6.10. The van der Waals surface area contributed by atoms with Gasteiger partial charge in [-0.3, -0.25) is 4.90 Å². The maximum atomic E-state index is 6.10. The third-order valence-electron chi connectivity index (χ3n) is 5.60. The number of ether oxygens (including phenoxy) is 4. The number of nitrogens with zero attached hydrogens (tertiary/aromatic N) is 2. The number of anilines is 2. The molecule has 1 N–H and O–H groups in total. The van der Waals surface area contributed by atoms with E-state index in [0.717, 1.165) is 55.5 Å². The molecular formula is C26H31N3O4. The van der Waals surface area contributed by atoms with Crippen LogP contribution in [0.3, 0.4) is 0 Å². The summed E-state index contributed by atoms with van der Waals surface area (Å²) in [5.41, 5.74) is 4.14. The molecule has 1 aliphatic rings. The number of hydrogen-bond donors (Lipinski definition) is 1. The van der Waals surface area contributed by atoms with Crippen molar-refractivity contribution in [3.63, 3.8) is 0 Å². The molecule has 7 nitrogen and oxygen atoms in total. The van der Waals surface area contributed by atoms with Crippen molar-refractivity contribution in [3.8, 4) is 28.4 Å². The van der Waals surface area contributed by atoms with Crippen molar-refractivity contribution in [3.05, 3.63) is 60.3 Å². The van der Waals surface area contributed by atoms with E-state index < -0.39 is 0 Å². The fourth-order valence-electron chi connectivity index (χ4n) is 3.84. The quantitative estimate of drug-likeness (QED) is 0.515. The Balaban J connectivity index is 1.53. The van der Waals surface area contributed by atoms with E-state index in [9.17, 15) is 0 Å². The van der Waals surface area contributed by atoms with Crippen LogP contribution in [0.2, 0.25) is 0 Å². The fourth-order valence-corrected chi connectivity index (χ4v) is 3.84. The van der Waals surface area contributed by atoms with Crippen molar-refractivity contribution in [1.29, 1.82) is 0 Å². The van der Waals surface area contributed by atoms with E-state index >= 15 is 0 Å². The van der Waals surface area contributed by atoms with Gasteiger partial charge < -0.3 is 24.3 Å². The molecular weight excluding hydrogens is 418 g/mol. The molecule has 0 aliphatic carbocycles. The predicted molar refractivity (Wildman–Crippen MR) is 130 cm³/mol. The molecule has 0 bridgehead atoms. The molecule has 0 unspecified atom stereocenters. The van der Waals surface area contributed by atoms with E-state index in [2.05, 4.69) is 34.3 Å². The van der Waals surface area contributed by atoms with Crippen molar-refractivity contribution in [2.24, 2.45) is 0 Å². The first-order valence-corrected chi connectivity index (χ1v) is 11.2. The summed E-state index contributed by atoms with van der Waals surface area (Å²) in [5.74, 6) is 2.65. The Morgan fingerprint density at radius 3 is 2.42 bits per heavy atom. The molecule has 0 spiro atoms. The predicted octanol–water partition coefficient (Wildman–Crippen LogP) is 4.53. The summed E-state index contributed by atoms with van der Waals surface area (Å²) in [7, 11) is 3.29. The van der Waals surface area contributed by atoms with Gasteiger partial charge in [0.25, 0.3) is 0 Å². The van der Waals surface area contributed by atoms with Crippen LogP contribution < -0.4 is 19.5 Å². The number of morpholine rings is 1. The Morgan fingerprint density at radius 2 is 1.73 bits per heavy atom. The van der Waals surface area contributed by atoms with Gasteiger partial charge in [0.15, 0.2) is 11.5 Å². The van der Waals surface area contributed by atoms with Crippen LogP contribution in [0.5, 0.6) is 17.2 Å². The van der Waals surface area contributed by atoms with Crippen molar-refractivity contribution in [2.45, 2.75) is 6.92 Å².